The fraction of sp³-hybridized carbons (Fsp3) is 0.765. The molecule has 3 aliphatic heterocycles. The van der Waals surface area contributed by atoms with E-state index in [0.29, 0.717) is 30.8 Å². The summed E-state index contributed by atoms with van der Waals surface area (Å²) in [5.41, 5.74) is 1.03. The summed E-state index contributed by atoms with van der Waals surface area (Å²) >= 11 is 0. The first-order valence-electron chi connectivity index (χ1n) is 8.57. The standard InChI is InChI=1S/C15H21N3O2.C2H6/c1-8(2)13-14-15(17-9(3)16-13)18-6-10-4-5-12(20-10)11(18)7-19-14;1-2/h8,10-12H,4-7H2,1-3H3;1-2H3. The SMILES string of the molecule is CC.Cc1nc(C(C)C)c2c(n1)N1CC3CCC(O3)C1CO2. The number of rotatable bonds is 1. The first kappa shape index (κ1) is 15.5. The third kappa shape index (κ3) is 2.45. The van der Waals surface area contributed by atoms with Gasteiger partial charge in [-0.15, -0.1) is 0 Å². The lowest BCUT2D eigenvalue weighted by molar-refractivity contribution is -0.0107. The molecule has 4 rings (SSSR count). The van der Waals surface area contributed by atoms with Crippen LogP contribution in [0.2, 0.25) is 0 Å². The molecule has 0 N–H and O–H groups in total. The molecule has 2 bridgehead atoms. The minimum atomic E-state index is 0.305. The molecule has 0 spiro atoms. The summed E-state index contributed by atoms with van der Waals surface area (Å²) in [6.45, 7) is 11.9. The van der Waals surface area contributed by atoms with Gasteiger partial charge in [-0.2, -0.15) is 0 Å². The van der Waals surface area contributed by atoms with Crippen molar-refractivity contribution in [2.45, 2.75) is 71.6 Å². The van der Waals surface area contributed by atoms with E-state index >= 15 is 0 Å². The van der Waals surface area contributed by atoms with Crippen LogP contribution in [0.4, 0.5) is 5.82 Å². The number of ether oxygens (including phenoxy) is 2. The lowest BCUT2D eigenvalue weighted by Gasteiger charge is -2.44. The summed E-state index contributed by atoms with van der Waals surface area (Å²) in [7, 11) is 0. The molecule has 4 heterocycles. The number of nitrogens with zero attached hydrogens (tertiary/aromatic N) is 3. The normalized spacial score (nSPS) is 28.5. The van der Waals surface area contributed by atoms with E-state index in [1.807, 2.05) is 20.8 Å². The molecule has 0 saturated carbocycles. The van der Waals surface area contributed by atoms with Crippen molar-refractivity contribution in [3.8, 4) is 5.75 Å². The van der Waals surface area contributed by atoms with Crippen LogP contribution in [0.5, 0.6) is 5.75 Å². The summed E-state index contributed by atoms with van der Waals surface area (Å²) in [5, 5.41) is 0. The number of hydrogen-bond donors (Lipinski definition) is 0. The van der Waals surface area contributed by atoms with Crippen LogP contribution in [-0.4, -0.2) is 41.4 Å². The molecule has 22 heavy (non-hydrogen) atoms. The van der Waals surface area contributed by atoms with Gasteiger partial charge in [-0.25, -0.2) is 9.97 Å². The Morgan fingerprint density at radius 2 is 1.95 bits per heavy atom. The molecule has 0 aromatic carbocycles. The second kappa shape index (κ2) is 6.03. The Kier molecular flexibility index (Phi) is 4.26. The Bertz CT molecular complexity index is 547. The third-order valence-electron chi connectivity index (χ3n) is 4.57. The van der Waals surface area contributed by atoms with Crippen molar-refractivity contribution in [3.63, 3.8) is 0 Å². The van der Waals surface area contributed by atoms with Crippen LogP contribution in [0.25, 0.3) is 0 Å². The third-order valence-corrected chi connectivity index (χ3v) is 4.57. The first-order chi connectivity index (χ1) is 10.6. The predicted octanol–water partition coefficient (Wildman–Crippen LogP) is 3.06. The lowest BCUT2D eigenvalue weighted by Crippen LogP contribution is -2.56. The largest absolute Gasteiger partial charge is 0.486 e. The molecule has 122 valence electrons. The van der Waals surface area contributed by atoms with Gasteiger partial charge in [0.25, 0.3) is 0 Å². The molecule has 5 nitrogen and oxygen atoms in total. The van der Waals surface area contributed by atoms with Crippen LogP contribution in [-0.2, 0) is 4.74 Å². The number of aromatic nitrogens is 2. The molecule has 2 saturated heterocycles. The van der Waals surface area contributed by atoms with Gasteiger partial charge in [0.15, 0.2) is 11.6 Å². The summed E-state index contributed by atoms with van der Waals surface area (Å²) in [4.78, 5) is 11.7. The van der Waals surface area contributed by atoms with Crippen LogP contribution in [0.15, 0.2) is 0 Å². The molecule has 0 aliphatic carbocycles. The smallest absolute Gasteiger partial charge is 0.183 e. The van der Waals surface area contributed by atoms with E-state index in [4.69, 9.17) is 9.47 Å². The average Bonchev–Trinajstić information content (AvgIpc) is 2.91. The number of hydrogen-bond acceptors (Lipinski definition) is 5. The summed E-state index contributed by atoms with van der Waals surface area (Å²) in [5.74, 6) is 3.05. The molecule has 3 unspecified atom stereocenters. The van der Waals surface area contributed by atoms with Crippen molar-refractivity contribution in [1.82, 2.24) is 9.97 Å². The molecule has 3 aliphatic rings. The van der Waals surface area contributed by atoms with E-state index in [1.165, 1.54) is 0 Å². The fourth-order valence-electron chi connectivity index (χ4n) is 3.61. The zero-order chi connectivity index (χ0) is 15.9. The highest BCUT2D eigenvalue weighted by Gasteiger charge is 2.46. The van der Waals surface area contributed by atoms with Crippen molar-refractivity contribution in [3.05, 3.63) is 11.5 Å². The second-order valence-corrected chi connectivity index (χ2v) is 6.37. The molecular weight excluding hydrogens is 278 g/mol. The summed E-state index contributed by atoms with van der Waals surface area (Å²) in [6.07, 6.45) is 2.97. The zero-order valence-electron chi connectivity index (χ0n) is 14.3. The first-order valence-corrected chi connectivity index (χ1v) is 8.57. The Morgan fingerprint density at radius 3 is 2.68 bits per heavy atom. The molecule has 3 atom stereocenters. The Hall–Kier alpha value is -1.36. The van der Waals surface area contributed by atoms with Crippen LogP contribution in [0, 0.1) is 6.92 Å². The van der Waals surface area contributed by atoms with E-state index in [2.05, 4.69) is 28.7 Å². The molecular formula is C17H27N3O2. The molecule has 0 radical (unpaired) electrons. The topological polar surface area (TPSA) is 47.5 Å². The van der Waals surface area contributed by atoms with E-state index in [1.54, 1.807) is 0 Å². The van der Waals surface area contributed by atoms with E-state index < -0.39 is 0 Å². The summed E-state index contributed by atoms with van der Waals surface area (Å²) in [6, 6.07) is 0.315. The van der Waals surface area contributed by atoms with Gasteiger partial charge in [-0.05, 0) is 25.7 Å². The van der Waals surface area contributed by atoms with Crippen LogP contribution >= 0.6 is 0 Å². The van der Waals surface area contributed by atoms with Gasteiger partial charge in [0, 0.05) is 6.54 Å². The highest BCUT2D eigenvalue weighted by atomic mass is 16.5. The highest BCUT2D eigenvalue weighted by molar-refractivity contribution is 5.59. The van der Waals surface area contributed by atoms with Gasteiger partial charge >= 0.3 is 0 Å². The van der Waals surface area contributed by atoms with Crippen LogP contribution in [0.3, 0.4) is 0 Å². The maximum atomic E-state index is 6.04. The Labute approximate surface area is 133 Å². The number of anilines is 1. The van der Waals surface area contributed by atoms with E-state index in [9.17, 15) is 0 Å². The molecule has 0 amide bonds. The van der Waals surface area contributed by atoms with Crippen molar-refractivity contribution < 1.29 is 9.47 Å². The van der Waals surface area contributed by atoms with Crippen molar-refractivity contribution in [2.24, 2.45) is 0 Å². The van der Waals surface area contributed by atoms with Crippen molar-refractivity contribution in [1.29, 1.82) is 0 Å². The average molecular weight is 305 g/mol. The van der Waals surface area contributed by atoms with E-state index in [-0.39, 0.29) is 0 Å². The number of morpholine rings is 1. The molecule has 2 fully saturated rings. The Morgan fingerprint density at radius 1 is 1.18 bits per heavy atom. The number of aryl methyl sites for hydroxylation is 1. The minimum Gasteiger partial charge on any atom is -0.486 e. The Balaban J connectivity index is 0.000000693. The maximum absolute atomic E-state index is 6.04. The van der Waals surface area contributed by atoms with Gasteiger partial charge in [-0.3, -0.25) is 0 Å². The monoisotopic (exact) mass is 305 g/mol. The quantitative estimate of drug-likeness (QED) is 0.798. The number of fused-ring (bicyclic) bond motifs is 6. The zero-order valence-corrected chi connectivity index (χ0v) is 14.3. The molecule has 5 heteroatoms. The predicted molar refractivity (Wildman–Crippen MR) is 86.7 cm³/mol. The van der Waals surface area contributed by atoms with E-state index in [0.717, 1.165) is 42.5 Å². The van der Waals surface area contributed by atoms with Gasteiger partial charge in [0.2, 0.25) is 0 Å². The minimum absolute atomic E-state index is 0.305. The van der Waals surface area contributed by atoms with Gasteiger partial charge in [-0.1, -0.05) is 27.7 Å². The van der Waals surface area contributed by atoms with Crippen LogP contribution in [0.1, 0.15) is 58.0 Å². The van der Waals surface area contributed by atoms with Gasteiger partial charge < -0.3 is 14.4 Å². The van der Waals surface area contributed by atoms with Crippen molar-refractivity contribution in [2.75, 3.05) is 18.1 Å². The summed E-state index contributed by atoms with van der Waals surface area (Å²) < 4.78 is 12.1. The van der Waals surface area contributed by atoms with Crippen molar-refractivity contribution >= 4 is 5.82 Å². The van der Waals surface area contributed by atoms with Gasteiger partial charge in [0.1, 0.15) is 12.4 Å². The highest BCUT2D eigenvalue weighted by Crippen LogP contribution is 2.42. The molecule has 1 aromatic rings. The fourth-order valence-corrected chi connectivity index (χ4v) is 3.61. The molecule has 1 aromatic heterocycles. The van der Waals surface area contributed by atoms with Gasteiger partial charge in [0.05, 0.1) is 23.9 Å². The maximum Gasteiger partial charge on any atom is 0.183 e. The second-order valence-electron chi connectivity index (χ2n) is 6.37. The lowest BCUT2D eigenvalue weighted by atomic mass is 10.0. The van der Waals surface area contributed by atoms with Crippen LogP contribution < -0.4 is 9.64 Å².